The molecule has 1 aliphatic heterocycles. The molecular weight excluding hydrogens is 306 g/mol. The van der Waals surface area contributed by atoms with Crippen LogP contribution in [0.5, 0.6) is 0 Å². The lowest BCUT2D eigenvalue weighted by Crippen LogP contribution is -2.50. The summed E-state index contributed by atoms with van der Waals surface area (Å²) in [5.74, 6) is 0.545. The molecule has 1 aliphatic carbocycles. The summed E-state index contributed by atoms with van der Waals surface area (Å²) in [6, 6.07) is 4.29. The fourth-order valence-electron chi connectivity index (χ4n) is 4.05. The lowest BCUT2D eigenvalue weighted by molar-refractivity contribution is -0.0611. The predicted octanol–water partition coefficient (Wildman–Crippen LogP) is 1.73. The zero-order valence-corrected chi connectivity index (χ0v) is 15.0. The molecule has 2 aliphatic rings. The molecule has 3 atom stereocenters. The Morgan fingerprint density at radius 1 is 1.42 bits per heavy atom. The molecule has 6 nitrogen and oxygen atoms in total. The Kier molecular flexibility index (Phi) is 5.58. The number of nitrogens with one attached hydrogen (secondary N) is 1. The normalized spacial score (nSPS) is 28.2. The molecule has 6 heteroatoms. The summed E-state index contributed by atoms with van der Waals surface area (Å²) >= 11 is 0. The van der Waals surface area contributed by atoms with Crippen LogP contribution in [0.15, 0.2) is 12.1 Å². The first-order valence-electron chi connectivity index (χ1n) is 8.84. The third-order valence-corrected chi connectivity index (χ3v) is 5.34. The summed E-state index contributed by atoms with van der Waals surface area (Å²) in [7, 11) is 5.36. The van der Waals surface area contributed by atoms with Crippen molar-refractivity contribution < 1.29 is 14.3 Å². The Labute approximate surface area is 144 Å². The Morgan fingerprint density at radius 2 is 2.25 bits per heavy atom. The van der Waals surface area contributed by atoms with E-state index in [-0.39, 0.29) is 5.91 Å². The number of methoxy groups -OCH3 is 1. The van der Waals surface area contributed by atoms with Crippen molar-refractivity contribution >= 4 is 5.91 Å². The van der Waals surface area contributed by atoms with Crippen LogP contribution in [0.4, 0.5) is 0 Å². The number of carbonyl (C=O) groups excluding carboxylic acids is 1. The number of ether oxygens (including phenoxy) is 2. The molecule has 1 aromatic heterocycles. The van der Waals surface area contributed by atoms with Gasteiger partial charge in [-0.05, 0) is 25.0 Å². The highest BCUT2D eigenvalue weighted by atomic mass is 16.5. The number of aromatic nitrogens is 1. The molecule has 1 aromatic rings. The molecule has 0 aromatic carbocycles. The standard InChI is InChI=1S/C18H29N3O3/c1-20(2)18(22)15-8-7-13(19-15)11-21-9-10-24-12-16(21)14-5-4-6-17(14)23-3/h7-8,14,16-17,19H,4-6,9-12H2,1-3H3/t14-,16+,17+/m0/s1. The van der Waals surface area contributed by atoms with Crippen LogP contribution >= 0.6 is 0 Å². The van der Waals surface area contributed by atoms with Gasteiger partial charge in [0.15, 0.2) is 0 Å². The van der Waals surface area contributed by atoms with Gasteiger partial charge in [0.05, 0.1) is 19.3 Å². The van der Waals surface area contributed by atoms with E-state index < -0.39 is 0 Å². The highest BCUT2D eigenvalue weighted by molar-refractivity contribution is 5.92. The van der Waals surface area contributed by atoms with Gasteiger partial charge >= 0.3 is 0 Å². The van der Waals surface area contributed by atoms with E-state index in [2.05, 4.69) is 9.88 Å². The van der Waals surface area contributed by atoms with E-state index in [1.165, 1.54) is 12.8 Å². The predicted molar refractivity (Wildman–Crippen MR) is 92.0 cm³/mol. The highest BCUT2D eigenvalue weighted by Crippen LogP contribution is 2.34. The Balaban J connectivity index is 1.69. The number of rotatable bonds is 5. The average molecular weight is 335 g/mol. The van der Waals surface area contributed by atoms with Crippen molar-refractivity contribution in [2.45, 2.75) is 38.0 Å². The van der Waals surface area contributed by atoms with Gasteiger partial charge in [0.1, 0.15) is 5.69 Å². The zero-order valence-electron chi connectivity index (χ0n) is 15.0. The second-order valence-corrected chi connectivity index (χ2v) is 7.08. The van der Waals surface area contributed by atoms with Crippen molar-refractivity contribution in [3.05, 3.63) is 23.5 Å². The quantitative estimate of drug-likeness (QED) is 0.890. The molecule has 1 saturated carbocycles. The molecule has 134 valence electrons. The van der Waals surface area contributed by atoms with E-state index in [0.29, 0.717) is 23.8 Å². The first-order valence-corrected chi connectivity index (χ1v) is 8.84. The third kappa shape index (κ3) is 3.66. The fraction of sp³-hybridized carbons (Fsp3) is 0.722. The second kappa shape index (κ2) is 7.68. The maximum atomic E-state index is 12.0. The lowest BCUT2D eigenvalue weighted by atomic mass is 9.94. The second-order valence-electron chi connectivity index (χ2n) is 7.08. The van der Waals surface area contributed by atoms with Gasteiger partial charge in [-0.1, -0.05) is 6.42 Å². The highest BCUT2D eigenvalue weighted by Gasteiger charge is 2.38. The number of aromatic amines is 1. The van der Waals surface area contributed by atoms with Gasteiger partial charge in [-0.3, -0.25) is 9.69 Å². The average Bonchev–Trinajstić information content (AvgIpc) is 3.23. The van der Waals surface area contributed by atoms with Crippen LogP contribution in [0.25, 0.3) is 0 Å². The van der Waals surface area contributed by atoms with Gasteiger partial charge in [-0.25, -0.2) is 0 Å². The molecular formula is C18H29N3O3. The number of carbonyl (C=O) groups is 1. The summed E-state index contributed by atoms with van der Waals surface area (Å²) < 4.78 is 11.5. The van der Waals surface area contributed by atoms with E-state index in [1.54, 1.807) is 19.0 Å². The van der Waals surface area contributed by atoms with Crippen LogP contribution < -0.4 is 0 Å². The van der Waals surface area contributed by atoms with Crippen molar-refractivity contribution in [1.29, 1.82) is 0 Å². The molecule has 2 heterocycles. The minimum absolute atomic E-state index is 0.00928. The van der Waals surface area contributed by atoms with E-state index in [9.17, 15) is 4.79 Å². The maximum absolute atomic E-state index is 12.0. The number of H-pyrrole nitrogens is 1. The van der Waals surface area contributed by atoms with Crippen LogP contribution in [-0.4, -0.2) is 73.8 Å². The molecule has 0 radical (unpaired) electrons. The van der Waals surface area contributed by atoms with Gasteiger partial charge in [0.2, 0.25) is 0 Å². The minimum Gasteiger partial charge on any atom is -0.381 e. The SMILES string of the molecule is CO[C@@H]1CCC[C@H]1[C@H]1COCCN1Cc1ccc(C(=O)N(C)C)[nH]1. The van der Waals surface area contributed by atoms with Crippen LogP contribution in [-0.2, 0) is 16.0 Å². The summed E-state index contributed by atoms with van der Waals surface area (Å²) in [5, 5.41) is 0. The number of hydrogen-bond acceptors (Lipinski definition) is 4. The molecule has 24 heavy (non-hydrogen) atoms. The first-order chi connectivity index (χ1) is 11.6. The van der Waals surface area contributed by atoms with Gasteiger partial charge in [0, 0.05) is 51.9 Å². The Bertz CT molecular complexity index is 557. The zero-order chi connectivity index (χ0) is 17.1. The van der Waals surface area contributed by atoms with Gasteiger partial charge in [-0.2, -0.15) is 0 Å². The smallest absolute Gasteiger partial charge is 0.269 e. The van der Waals surface area contributed by atoms with Crippen LogP contribution in [0, 0.1) is 5.92 Å². The van der Waals surface area contributed by atoms with Gasteiger partial charge in [-0.15, -0.1) is 0 Å². The molecule has 0 unspecified atom stereocenters. The van der Waals surface area contributed by atoms with Crippen LogP contribution in [0.3, 0.4) is 0 Å². The molecule has 0 bridgehead atoms. The number of nitrogens with zero attached hydrogens (tertiary/aromatic N) is 2. The van der Waals surface area contributed by atoms with Gasteiger partial charge < -0.3 is 19.4 Å². The van der Waals surface area contributed by atoms with E-state index in [1.807, 2.05) is 19.2 Å². The van der Waals surface area contributed by atoms with Crippen molar-refractivity contribution in [1.82, 2.24) is 14.8 Å². The number of amides is 1. The molecule has 2 fully saturated rings. The van der Waals surface area contributed by atoms with Crippen molar-refractivity contribution in [2.75, 3.05) is 41.0 Å². The van der Waals surface area contributed by atoms with Crippen molar-refractivity contribution in [3.8, 4) is 0 Å². The molecule has 3 rings (SSSR count). The first kappa shape index (κ1) is 17.5. The summed E-state index contributed by atoms with van der Waals surface area (Å²) in [5.41, 5.74) is 1.73. The minimum atomic E-state index is 0.00928. The number of morpholine rings is 1. The monoisotopic (exact) mass is 335 g/mol. The van der Waals surface area contributed by atoms with Crippen LogP contribution in [0.2, 0.25) is 0 Å². The third-order valence-electron chi connectivity index (χ3n) is 5.34. The van der Waals surface area contributed by atoms with Crippen molar-refractivity contribution in [3.63, 3.8) is 0 Å². The number of hydrogen-bond donors (Lipinski definition) is 1. The van der Waals surface area contributed by atoms with E-state index in [0.717, 1.165) is 38.4 Å². The summed E-state index contributed by atoms with van der Waals surface area (Å²) in [6.07, 6.45) is 3.93. The van der Waals surface area contributed by atoms with E-state index >= 15 is 0 Å². The molecule has 0 spiro atoms. The molecule has 1 N–H and O–H groups in total. The van der Waals surface area contributed by atoms with Gasteiger partial charge in [0.25, 0.3) is 5.91 Å². The summed E-state index contributed by atoms with van der Waals surface area (Å²) in [6.45, 7) is 3.29. The largest absolute Gasteiger partial charge is 0.381 e. The van der Waals surface area contributed by atoms with Crippen LogP contribution in [0.1, 0.15) is 35.4 Å². The van der Waals surface area contributed by atoms with E-state index in [4.69, 9.17) is 9.47 Å². The summed E-state index contributed by atoms with van der Waals surface area (Å²) in [4.78, 5) is 19.4. The van der Waals surface area contributed by atoms with Crippen molar-refractivity contribution in [2.24, 2.45) is 5.92 Å². The molecule has 1 amide bonds. The topological polar surface area (TPSA) is 57.8 Å². The Morgan fingerprint density at radius 3 is 3.00 bits per heavy atom. The Hall–Kier alpha value is -1.37. The maximum Gasteiger partial charge on any atom is 0.269 e. The molecule has 1 saturated heterocycles. The lowest BCUT2D eigenvalue weighted by Gasteiger charge is -2.40. The fourth-order valence-corrected chi connectivity index (χ4v) is 4.05.